The standard InChI is InChI=1S/C22H28N6O/c1-2-26(19-10-4-3-5-11-19)16-13-23-21(29)18-9-8-14-27(17-18)22-25-24-20-12-6-7-15-28(20)22/h3-7,10-12,15,18H,2,8-9,13-14,16-17H2,1H3,(H,23,29)/t18-/m1/s1. The molecule has 1 aliphatic rings. The van der Waals surface area contributed by atoms with Crippen LogP contribution in [0.25, 0.3) is 5.65 Å². The molecule has 1 aliphatic heterocycles. The number of nitrogens with one attached hydrogen (secondary N) is 1. The molecule has 3 aromatic rings. The van der Waals surface area contributed by atoms with Crippen molar-refractivity contribution in [2.45, 2.75) is 19.8 Å². The zero-order chi connectivity index (χ0) is 20.1. The minimum Gasteiger partial charge on any atom is -0.370 e. The number of amides is 1. The van der Waals surface area contributed by atoms with E-state index in [0.717, 1.165) is 44.1 Å². The van der Waals surface area contributed by atoms with Crippen LogP contribution in [0.4, 0.5) is 11.6 Å². The number of para-hydroxylation sites is 1. The molecular weight excluding hydrogens is 364 g/mol. The second kappa shape index (κ2) is 8.94. The van der Waals surface area contributed by atoms with E-state index in [1.54, 1.807) is 0 Å². The zero-order valence-corrected chi connectivity index (χ0v) is 16.9. The van der Waals surface area contributed by atoms with Crippen molar-refractivity contribution in [1.82, 2.24) is 19.9 Å². The molecule has 3 heterocycles. The van der Waals surface area contributed by atoms with Crippen molar-refractivity contribution in [2.75, 3.05) is 42.5 Å². The first-order valence-electron chi connectivity index (χ1n) is 10.4. The Morgan fingerprint density at radius 3 is 2.83 bits per heavy atom. The highest BCUT2D eigenvalue weighted by Gasteiger charge is 2.28. The summed E-state index contributed by atoms with van der Waals surface area (Å²) in [6, 6.07) is 16.2. The highest BCUT2D eigenvalue weighted by Crippen LogP contribution is 2.22. The Bertz CT molecular complexity index is 941. The summed E-state index contributed by atoms with van der Waals surface area (Å²) >= 11 is 0. The van der Waals surface area contributed by atoms with Crippen LogP contribution in [0.1, 0.15) is 19.8 Å². The van der Waals surface area contributed by atoms with Gasteiger partial charge in [0.15, 0.2) is 5.65 Å². The largest absolute Gasteiger partial charge is 0.370 e. The van der Waals surface area contributed by atoms with Gasteiger partial charge in [0, 0.05) is 44.6 Å². The van der Waals surface area contributed by atoms with Gasteiger partial charge in [-0.2, -0.15) is 0 Å². The lowest BCUT2D eigenvalue weighted by molar-refractivity contribution is -0.125. The smallest absolute Gasteiger partial charge is 0.231 e. The van der Waals surface area contributed by atoms with E-state index in [1.807, 2.05) is 47.0 Å². The molecule has 1 atom stereocenters. The van der Waals surface area contributed by atoms with Crippen molar-refractivity contribution in [1.29, 1.82) is 0 Å². The number of pyridine rings is 1. The molecule has 0 saturated carbocycles. The molecule has 0 aliphatic carbocycles. The van der Waals surface area contributed by atoms with Crippen molar-refractivity contribution in [2.24, 2.45) is 5.92 Å². The third-order valence-corrected chi connectivity index (χ3v) is 5.55. The molecular formula is C22H28N6O. The van der Waals surface area contributed by atoms with Crippen LogP contribution in [0.5, 0.6) is 0 Å². The zero-order valence-electron chi connectivity index (χ0n) is 16.9. The van der Waals surface area contributed by atoms with Crippen LogP contribution in [-0.2, 0) is 4.79 Å². The number of hydrogen-bond acceptors (Lipinski definition) is 5. The fraction of sp³-hybridized carbons (Fsp3) is 0.409. The van der Waals surface area contributed by atoms with Gasteiger partial charge in [0.05, 0.1) is 5.92 Å². The lowest BCUT2D eigenvalue weighted by Gasteiger charge is -2.32. The highest BCUT2D eigenvalue weighted by molar-refractivity contribution is 5.79. The lowest BCUT2D eigenvalue weighted by Crippen LogP contribution is -2.45. The van der Waals surface area contributed by atoms with E-state index in [-0.39, 0.29) is 11.8 Å². The minimum atomic E-state index is -0.0217. The summed E-state index contributed by atoms with van der Waals surface area (Å²) in [4.78, 5) is 17.2. The van der Waals surface area contributed by atoms with Crippen LogP contribution in [0.3, 0.4) is 0 Å². The van der Waals surface area contributed by atoms with Gasteiger partial charge in [-0.1, -0.05) is 24.3 Å². The van der Waals surface area contributed by atoms with E-state index >= 15 is 0 Å². The summed E-state index contributed by atoms with van der Waals surface area (Å²) in [6.07, 6.45) is 3.86. The van der Waals surface area contributed by atoms with Gasteiger partial charge >= 0.3 is 0 Å². The number of fused-ring (bicyclic) bond motifs is 1. The van der Waals surface area contributed by atoms with E-state index in [9.17, 15) is 4.79 Å². The molecule has 0 radical (unpaired) electrons. The molecule has 4 rings (SSSR count). The van der Waals surface area contributed by atoms with Crippen molar-refractivity contribution in [3.05, 3.63) is 54.7 Å². The minimum absolute atomic E-state index is 0.0217. The van der Waals surface area contributed by atoms with Crippen LogP contribution in [0.15, 0.2) is 54.7 Å². The molecule has 0 spiro atoms. The molecule has 0 unspecified atom stereocenters. The molecule has 152 valence electrons. The number of carbonyl (C=O) groups is 1. The van der Waals surface area contributed by atoms with Crippen molar-refractivity contribution in [3.8, 4) is 0 Å². The molecule has 1 fully saturated rings. The van der Waals surface area contributed by atoms with Crippen molar-refractivity contribution >= 4 is 23.2 Å². The molecule has 7 heteroatoms. The number of aromatic nitrogens is 3. The van der Waals surface area contributed by atoms with Gasteiger partial charge in [-0.3, -0.25) is 9.20 Å². The van der Waals surface area contributed by atoms with Crippen LogP contribution >= 0.6 is 0 Å². The molecule has 7 nitrogen and oxygen atoms in total. The predicted molar refractivity (Wildman–Crippen MR) is 115 cm³/mol. The molecule has 1 saturated heterocycles. The van der Waals surface area contributed by atoms with Crippen molar-refractivity contribution in [3.63, 3.8) is 0 Å². The van der Waals surface area contributed by atoms with Gasteiger partial charge in [-0.05, 0) is 44.0 Å². The number of piperidine rings is 1. The first-order valence-corrected chi connectivity index (χ1v) is 10.4. The summed E-state index contributed by atoms with van der Waals surface area (Å²) in [6.45, 7) is 6.08. The molecule has 1 amide bonds. The maximum atomic E-state index is 12.8. The van der Waals surface area contributed by atoms with Crippen LogP contribution in [0.2, 0.25) is 0 Å². The maximum Gasteiger partial charge on any atom is 0.231 e. The third-order valence-electron chi connectivity index (χ3n) is 5.55. The van der Waals surface area contributed by atoms with E-state index in [1.165, 1.54) is 5.69 Å². The first kappa shape index (κ1) is 19.2. The fourth-order valence-corrected chi connectivity index (χ4v) is 3.98. The van der Waals surface area contributed by atoms with Crippen LogP contribution in [0, 0.1) is 5.92 Å². The Kier molecular flexibility index (Phi) is 5.93. The summed E-state index contributed by atoms with van der Waals surface area (Å²) in [5, 5.41) is 11.7. The van der Waals surface area contributed by atoms with Gasteiger partial charge in [0.25, 0.3) is 0 Å². The Hall–Kier alpha value is -3.09. The third kappa shape index (κ3) is 4.34. The van der Waals surface area contributed by atoms with Gasteiger partial charge in [0.1, 0.15) is 0 Å². The normalized spacial score (nSPS) is 16.7. The van der Waals surface area contributed by atoms with Crippen LogP contribution in [-0.4, -0.2) is 53.2 Å². The van der Waals surface area contributed by atoms with E-state index < -0.39 is 0 Å². The van der Waals surface area contributed by atoms with Gasteiger partial charge < -0.3 is 15.1 Å². The summed E-state index contributed by atoms with van der Waals surface area (Å²) < 4.78 is 1.99. The van der Waals surface area contributed by atoms with E-state index in [0.29, 0.717) is 13.1 Å². The molecule has 1 N–H and O–H groups in total. The number of hydrogen-bond donors (Lipinski definition) is 1. The quantitative estimate of drug-likeness (QED) is 0.670. The molecule has 1 aromatic carbocycles. The summed E-state index contributed by atoms with van der Waals surface area (Å²) in [5.41, 5.74) is 2.02. The maximum absolute atomic E-state index is 12.8. The molecule has 0 bridgehead atoms. The SMILES string of the molecule is CCN(CCNC(=O)[C@@H]1CCCN(c2nnc3ccccn23)C1)c1ccccc1. The van der Waals surface area contributed by atoms with Crippen LogP contribution < -0.4 is 15.1 Å². The molecule has 29 heavy (non-hydrogen) atoms. The summed E-state index contributed by atoms with van der Waals surface area (Å²) in [7, 11) is 0. The Balaban J connectivity index is 1.33. The fourth-order valence-electron chi connectivity index (χ4n) is 3.98. The average Bonchev–Trinajstić information content (AvgIpc) is 3.21. The lowest BCUT2D eigenvalue weighted by atomic mass is 9.97. The first-order chi connectivity index (χ1) is 14.3. The topological polar surface area (TPSA) is 65.8 Å². The Morgan fingerprint density at radius 1 is 1.17 bits per heavy atom. The van der Waals surface area contributed by atoms with Gasteiger partial charge in [-0.25, -0.2) is 0 Å². The number of carbonyl (C=O) groups excluding carboxylic acids is 1. The number of benzene rings is 1. The number of anilines is 2. The van der Waals surface area contributed by atoms with Gasteiger partial charge in [-0.15, -0.1) is 10.2 Å². The summed E-state index contributed by atoms with van der Waals surface area (Å²) in [5.74, 6) is 0.929. The number of rotatable bonds is 7. The second-order valence-corrected chi connectivity index (χ2v) is 7.42. The van der Waals surface area contributed by atoms with E-state index in [2.05, 4.69) is 44.4 Å². The van der Waals surface area contributed by atoms with Gasteiger partial charge in [0.2, 0.25) is 11.9 Å². The van der Waals surface area contributed by atoms with Crippen molar-refractivity contribution < 1.29 is 4.79 Å². The number of nitrogens with zero attached hydrogens (tertiary/aromatic N) is 5. The number of likely N-dealkylation sites (N-methyl/N-ethyl adjacent to an activating group) is 1. The Morgan fingerprint density at radius 2 is 2.00 bits per heavy atom. The van der Waals surface area contributed by atoms with E-state index in [4.69, 9.17) is 0 Å². The molecule has 2 aromatic heterocycles. The Labute approximate surface area is 171 Å². The second-order valence-electron chi connectivity index (χ2n) is 7.42. The monoisotopic (exact) mass is 392 g/mol. The predicted octanol–water partition coefficient (Wildman–Crippen LogP) is 2.59. The highest BCUT2D eigenvalue weighted by atomic mass is 16.1. The average molecular weight is 393 g/mol.